The Bertz CT molecular complexity index is 182. The number of amides is 1. The average Bonchev–Trinajstić information content (AvgIpc) is 1.85. The molecule has 0 atom stereocenters. The molecule has 0 unspecified atom stereocenters. The van der Waals surface area contributed by atoms with E-state index in [0.717, 1.165) is 0 Å². The van der Waals surface area contributed by atoms with Crippen molar-refractivity contribution in [3.05, 3.63) is 11.8 Å². The summed E-state index contributed by atoms with van der Waals surface area (Å²) in [6, 6.07) is 0. The van der Waals surface area contributed by atoms with Crippen LogP contribution in [0.5, 0.6) is 0 Å². The van der Waals surface area contributed by atoms with Crippen molar-refractivity contribution in [2.75, 3.05) is 0 Å². The minimum atomic E-state index is -0.255. The zero-order chi connectivity index (χ0) is 8.91. The van der Waals surface area contributed by atoms with E-state index in [9.17, 15) is 9.59 Å². The predicted molar refractivity (Wildman–Crippen MR) is 42.1 cm³/mol. The number of allylic oxidation sites excluding steroid dienone is 2. The van der Waals surface area contributed by atoms with Crippen molar-refractivity contribution in [3.63, 3.8) is 0 Å². The summed E-state index contributed by atoms with van der Waals surface area (Å²) in [7, 11) is 0. The minimum Gasteiger partial charge on any atom is -0.494 e. The van der Waals surface area contributed by atoms with E-state index in [4.69, 9.17) is 0 Å². The van der Waals surface area contributed by atoms with Gasteiger partial charge in [0.1, 0.15) is 0 Å². The molecule has 0 bridgehead atoms. The van der Waals surface area contributed by atoms with E-state index in [-0.39, 0.29) is 38.1 Å². The van der Waals surface area contributed by atoms with Crippen LogP contribution in [0.4, 0.5) is 0 Å². The molecule has 0 aliphatic carbocycles. The summed E-state index contributed by atoms with van der Waals surface area (Å²) in [6.07, 6.45) is 4.32. The molecule has 0 rings (SSSR count). The van der Waals surface area contributed by atoms with Gasteiger partial charge in [0, 0.05) is 32.7 Å². The second-order valence-electron chi connectivity index (χ2n) is 3.15. The molecule has 1 amide bonds. The van der Waals surface area contributed by atoms with Crippen LogP contribution in [0, 0.1) is 5.41 Å². The Morgan fingerprint density at radius 1 is 1.33 bits per heavy atom. The third kappa shape index (κ3) is 5.61. The maximum atomic E-state index is 9.97. The first-order valence-electron chi connectivity index (χ1n) is 3.24. The van der Waals surface area contributed by atoms with Gasteiger partial charge in [0.15, 0.2) is 0 Å². The van der Waals surface area contributed by atoms with Crippen LogP contribution in [-0.4, -0.2) is 12.7 Å². The molecule has 0 spiro atoms. The molecule has 0 aliphatic heterocycles. The molecule has 4 heteroatoms. The second-order valence-corrected chi connectivity index (χ2v) is 3.15. The minimum absolute atomic E-state index is 0. The van der Waals surface area contributed by atoms with Gasteiger partial charge >= 0.3 is 0 Å². The third-order valence-corrected chi connectivity index (χ3v) is 1.20. The Morgan fingerprint density at radius 2 is 1.83 bits per heavy atom. The van der Waals surface area contributed by atoms with Gasteiger partial charge in [0.2, 0.25) is 0 Å². The van der Waals surface area contributed by atoms with E-state index in [0.29, 0.717) is 5.70 Å². The van der Waals surface area contributed by atoms with Gasteiger partial charge < -0.3 is 14.9 Å². The molecule has 0 saturated heterocycles. The van der Waals surface area contributed by atoms with E-state index in [1.165, 1.54) is 12.5 Å². The van der Waals surface area contributed by atoms with E-state index >= 15 is 0 Å². The summed E-state index contributed by atoms with van der Waals surface area (Å²) in [5.41, 5.74) is 0.261. The first-order chi connectivity index (χ1) is 5.02. The summed E-state index contributed by atoms with van der Waals surface area (Å²) >= 11 is 0. The van der Waals surface area contributed by atoms with Crippen LogP contribution in [0.3, 0.4) is 0 Å². The van der Waals surface area contributed by atoms with E-state index in [1.807, 2.05) is 20.8 Å². The molecule has 0 aromatic rings. The fourth-order valence-corrected chi connectivity index (χ4v) is 0.554. The molecule has 65 valence electrons. The summed E-state index contributed by atoms with van der Waals surface area (Å²) < 4.78 is 0. The first-order valence-corrected chi connectivity index (χ1v) is 3.24. The molecule has 0 saturated carbocycles. The zero-order valence-electron chi connectivity index (χ0n) is 7.47. The molecule has 12 heavy (non-hydrogen) atoms. The van der Waals surface area contributed by atoms with Crippen LogP contribution >= 0.6 is 0 Å². The van der Waals surface area contributed by atoms with Gasteiger partial charge in [-0.2, -0.15) is 6.08 Å². The van der Waals surface area contributed by atoms with E-state index in [2.05, 4.69) is 5.32 Å². The maximum absolute atomic E-state index is 9.97. The predicted octanol–water partition coefficient (Wildman–Crippen LogP) is 0.680. The van der Waals surface area contributed by atoms with Crippen LogP contribution in [0.15, 0.2) is 11.8 Å². The standard InChI is InChI=1S/C8H11NO2.Y/c1-8(2,3)7(4-5-10)9-6-11;/h4H,1-3H3,(H,9,11);/q-2;/b7-4-;. The van der Waals surface area contributed by atoms with E-state index < -0.39 is 0 Å². The third-order valence-electron chi connectivity index (χ3n) is 1.20. The number of hydrogen-bond donors (Lipinski definition) is 1. The average molecular weight is 242 g/mol. The topological polar surface area (TPSA) is 46.2 Å². The summed E-state index contributed by atoms with van der Waals surface area (Å²) in [4.78, 5) is 19.9. The summed E-state index contributed by atoms with van der Waals surface area (Å²) in [6.45, 7) is 5.63. The molecule has 1 N–H and O–H groups in total. The maximum Gasteiger partial charge on any atom is 0.0690 e. The Hall–Kier alpha value is -0.0161. The van der Waals surface area contributed by atoms with Gasteiger partial charge in [-0.05, 0) is 6.29 Å². The smallest absolute Gasteiger partial charge is 0.0690 e. The SMILES string of the molecule is CC(C)(C)/C(=C/[C-]=O)N[C-]=O.[Y]. The Balaban J connectivity index is 0. The monoisotopic (exact) mass is 242 g/mol. The quantitative estimate of drug-likeness (QED) is 0.449. The molecule has 0 aromatic heterocycles. The van der Waals surface area contributed by atoms with Crippen LogP contribution in [0.2, 0.25) is 0 Å². The van der Waals surface area contributed by atoms with Crippen LogP contribution in [0.1, 0.15) is 20.8 Å². The number of nitrogens with one attached hydrogen (secondary N) is 1. The molecule has 0 aliphatic rings. The van der Waals surface area contributed by atoms with Crippen molar-refractivity contribution < 1.29 is 42.3 Å². The molecule has 1 radical (unpaired) electrons. The fraction of sp³-hybridized carbons (Fsp3) is 0.500. The van der Waals surface area contributed by atoms with Crippen molar-refractivity contribution in [1.29, 1.82) is 0 Å². The largest absolute Gasteiger partial charge is 0.494 e. The van der Waals surface area contributed by atoms with Crippen LogP contribution < -0.4 is 5.32 Å². The second kappa shape index (κ2) is 6.49. The van der Waals surface area contributed by atoms with Crippen LogP contribution in [-0.2, 0) is 42.3 Å². The number of hydrogen-bond acceptors (Lipinski definition) is 2. The number of rotatable bonds is 3. The van der Waals surface area contributed by atoms with Gasteiger partial charge in [-0.3, -0.25) is 0 Å². The molecule has 0 heterocycles. The van der Waals surface area contributed by atoms with Crippen molar-refractivity contribution in [2.45, 2.75) is 20.8 Å². The Labute approximate surface area is 97.9 Å². The molecule has 0 fully saturated rings. The van der Waals surface area contributed by atoms with Crippen molar-refractivity contribution in [1.82, 2.24) is 5.32 Å². The van der Waals surface area contributed by atoms with Gasteiger partial charge in [-0.15, -0.1) is 5.70 Å². The summed E-state index contributed by atoms with van der Waals surface area (Å²) in [5.74, 6) is 0. The Kier molecular flexibility index (Phi) is 7.85. The van der Waals surface area contributed by atoms with Crippen molar-refractivity contribution in [2.24, 2.45) is 5.41 Å². The molecule has 0 aromatic carbocycles. The van der Waals surface area contributed by atoms with E-state index in [1.54, 1.807) is 6.29 Å². The number of carbonyl (C=O) groups excluding carboxylic acids is 2. The van der Waals surface area contributed by atoms with Crippen molar-refractivity contribution in [3.8, 4) is 0 Å². The van der Waals surface area contributed by atoms with Gasteiger partial charge in [0.25, 0.3) is 0 Å². The van der Waals surface area contributed by atoms with Gasteiger partial charge in [-0.25, -0.2) is 0 Å². The molecular formula is C8H11NO2Y-2. The zero-order valence-corrected chi connectivity index (χ0v) is 10.3. The molecule has 3 nitrogen and oxygen atoms in total. The Morgan fingerprint density at radius 3 is 2.08 bits per heavy atom. The van der Waals surface area contributed by atoms with Gasteiger partial charge in [0.05, 0.1) is 6.41 Å². The van der Waals surface area contributed by atoms with Gasteiger partial charge in [-0.1, -0.05) is 26.2 Å². The van der Waals surface area contributed by atoms with Crippen LogP contribution in [0.25, 0.3) is 0 Å². The molecular weight excluding hydrogens is 231 g/mol. The normalized spacial score (nSPS) is 11.4. The van der Waals surface area contributed by atoms with Crippen molar-refractivity contribution >= 4 is 12.7 Å². The fourth-order valence-electron chi connectivity index (χ4n) is 0.554. The summed E-state index contributed by atoms with van der Waals surface area (Å²) in [5, 5.41) is 2.32. The first kappa shape index (κ1) is 14.5.